The average molecular weight is 373 g/mol. The van der Waals surface area contributed by atoms with Crippen LogP contribution in [0.1, 0.15) is 52.5 Å². The fourth-order valence-electron chi connectivity index (χ4n) is 2.29. The van der Waals surface area contributed by atoms with Gasteiger partial charge in [0.15, 0.2) is 11.5 Å². The Morgan fingerprint density at radius 3 is 2.56 bits per heavy atom. The van der Waals surface area contributed by atoms with Crippen LogP contribution in [-0.4, -0.2) is 26.3 Å². The second-order valence-electron chi connectivity index (χ2n) is 6.59. The van der Waals surface area contributed by atoms with E-state index in [-0.39, 0.29) is 12.6 Å². The molecular weight excluding hydrogens is 340 g/mol. The number of carbonyl (C=O) groups excluding carboxylic acids is 1. The first-order chi connectivity index (χ1) is 13.0. The Labute approximate surface area is 163 Å². The summed E-state index contributed by atoms with van der Waals surface area (Å²) in [6.07, 6.45) is 10.2. The van der Waals surface area contributed by atoms with E-state index in [1.165, 1.54) is 17.2 Å². The first-order valence-electron chi connectivity index (χ1n) is 9.41. The maximum absolute atomic E-state index is 11.9. The third-order valence-corrected chi connectivity index (χ3v) is 3.81. The Morgan fingerprint density at radius 1 is 1.11 bits per heavy atom. The van der Waals surface area contributed by atoms with E-state index in [2.05, 4.69) is 33.8 Å². The highest BCUT2D eigenvalue weighted by atomic mass is 16.5. The quantitative estimate of drug-likeness (QED) is 0.282. The number of hydrogen-bond donors (Lipinski definition) is 0. The minimum atomic E-state index is -0.367. The molecule has 0 saturated heterocycles. The van der Waals surface area contributed by atoms with Gasteiger partial charge in [-0.05, 0) is 69.9 Å². The number of rotatable bonds is 11. The molecule has 1 aromatic rings. The van der Waals surface area contributed by atoms with Gasteiger partial charge >= 0.3 is 5.97 Å². The van der Waals surface area contributed by atoms with E-state index >= 15 is 0 Å². The highest BCUT2D eigenvalue weighted by Crippen LogP contribution is 2.28. The van der Waals surface area contributed by atoms with Crippen LogP contribution in [0.5, 0.6) is 11.5 Å². The standard InChI is InChI=1S/C23H32O4/c1-6-15-26-21-12-10-20(17-22(21)25-5)11-13-23(24)27-16-14-19(4)9-7-8-18(2)3/h8,10-14,17H,6-7,9,15-16H2,1-5H3. The summed E-state index contributed by atoms with van der Waals surface area (Å²) in [5.41, 5.74) is 3.39. The van der Waals surface area contributed by atoms with Crippen molar-refractivity contribution in [3.05, 3.63) is 53.1 Å². The van der Waals surface area contributed by atoms with Crippen LogP contribution in [0.4, 0.5) is 0 Å². The van der Waals surface area contributed by atoms with Gasteiger partial charge < -0.3 is 14.2 Å². The van der Waals surface area contributed by atoms with Crippen LogP contribution >= 0.6 is 0 Å². The lowest BCUT2D eigenvalue weighted by molar-refractivity contribution is -0.136. The SMILES string of the molecule is CCCOc1ccc(C=CC(=O)OCC=C(C)CCC=C(C)C)cc1OC. The number of methoxy groups -OCH3 is 1. The maximum Gasteiger partial charge on any atom is 0.331 e. The molecule has 0 N–H and O–H groups in total. The minimum Gasteiger partial charge on any atom is -0.493 e. The first-order valence-corrected chi connectivity index (χ1v) is 9.41. The summed E-state index contributed by atoms with van der Waals surface area (Å²) in [4.78, 5) is 11.9. The van der Waals surface area contributed by atoms with Gasteiger partial charge in [-0.3, -0.25) is 0 Å². The lowest BCUT2D eigenvalue weighted by Crippen LogP contribution is -2.01. The van der Waals surface area contributed by atoms with E-state index in [1.54, 1.807) is 13.2 Å². The van der Waals surface area contributed by atoms with Crippen molar-refractivity contribution >= 4 is 12.0 Å². The molecule has 0 saturated carbocycles. The summed E-state index contributed by atoms with van der Waals surface area (Å²) in [5, 5.41) is 0. The molecule has 4 heteroatoms. The molecule has 0 bridgehead atoms. The van der Waals surface area contributed by atoms with E-state index in [0.717, 1.165) is 24.8 Å². The third-order valence-electron chi connectivity index (χ3n) is 3.81. The largest absolute Gasteiger partial charge is 0.493 e. The number of carbonyl (C=O) groups is 1. The second-order valence-corrected chi connectivity index (χ2v) is 6.59. The van der Waals surface area contributed by atoms with Crippen LogP contribution in [0.2, 0.25) is 0 Å². The summed E-state index contributed by atoms with van der Waals surface area (Å²) < 4.78 is 16.2. The van der Waals surface area contributed by atoms with Crippen LogP contribution in [0.3, 0.4) is 0 Å². The van der Waals surface area contributed by atoms with E-state index < -0.39 is 0 Å². The zero-order chi connectivity index (χ0) is 20.1. The highest BCUT2D eigenvalue weighted by molar-refractivity contribution is 5.87. The van der Waals surface area contributed by atoms with Crippen LogP contribution in [0, 0.1) is 0 Å². The fraction of sp³-hybridized carbons (Fsp3) is 0.435. The molecule has 0 aliphatic carbocycles. The van der Waals surface area contributed by atoms with Crippen LogP contribution in [0.25, 0.3) is 6.08 Å². The monoisotopic (exact) mass is 372 g/mol. The van der Waals surface area contributed by atoms with Crippen molar-refractivity contribution in [1.29, 1.82) is 0 Å². The summed E-state index contributed by atoms with van der Waals surface area (Å²) in [6, 6.07) is 5.56. The van der Waals surface area contributed by atoms with Crippen molar-refractivity contribution < 1.29 is 19.0 Å². The molecule has 0 heterocycles. The summed E-state index contributed by atoms with van der Waals surface area (Å²) in [6.45, 7) is 9.21. The van der Waals surface area contributed by atoms with Crippen LogP contribution < -0.4 is 9.47 Å². The number of esters is 1. The summed E-state index contributed by atoms with van der Waals surface area (Å²) >= 11 is 0. The molecule has 0 aromatic heterocycles. The van der Waals surface area contributed by atoms with Gasteiger partial charge in [-0.1, -0.05) is 30.2 Å². The molecule has 0 aliphatic heterocycles. The number of ether oxygens (including phenoxy) is 3. The first kappa shape index (κ1) is 22.6. The van der Waals surface area contributed by atoms with Gasteiger partial charge in [-0.25, -0.2) is 4.79 Å². The van der Waals surface area contributed by atoms with Crippen LogP contribution in [0.15, 0.2) is 47.6 Å². The van der Waals surface area contributed by atoms with Gasteiger partial charge in [0.05, 0.1) is 13.7 Å². The second kappa shape index (κ2) is 12.8. The maximum atomic E-state index is 11.9. The van der Waals surface area contributed by atoms with Crippen LogP contribution in [-0.2, 0) is 9.53 Å². The van der Waals surface area contributed by atoms with Crippen molar-refractivity contribution in [3.8, 4) is 11.5 Å². The van der Waals surface area contributed by atoms with E-state index in [0.29, 0.717) is 18.1 Å². The molecule has 1 aromatic carbocycles. The Balaban J connectivity index is 2.52. The van der Waals surface area contributed by atoms with E-state index in [1.807, 2.05) is 24.3 Å². The zero-order valence-electron chi connectivity index (χ0n) is 17.2. The molecule has 0 radical (unpaired) electrons. The smallest absolute Gasteiger partial charge is 0.331 e. The number of hydrogen-bond acceptors (Lipinski definition) is 4. The predicted molar refractivity (Wildman–Crippen MR) is 111 cm³/mol. The molecule has 148 valence electrons. The Hall–Kier alpha value is -2.49. The zero-order valence-corrected chi connectivity index (χ0v) is 17.2. The van der Waals surface area contributed by atoms with Gasteiger partial charge in [0.2, 0.25) is 0 Å². The molecule has 0 amide bonds. The number of benzene rings is 1. The highest BCUT2D eigenvalue weighted by Gasteiger charge is 2.05. The Bertz CT molecular complexity index is 680. The lowest BCUT2D eigenvalue weighted by atomic mass is 10.1. The Morgan fingerprint density at radius 2 is 1.89 bits per heavy atom. The molecule has 1 rings (SSSR count). The molecular formula is C23H32O4. The third kappa shape index (κ3) is 9.69. The van der Waals surface area contributed by atoms with Gasteiger partial charge in [-0.2, -0.15) is 0 Å². The van der Waals surface area contributed by atoms with Crippen molar-refractivity contribution in [1.82, 2.24) is 0 Å². The van der Waals surface area contributed by atoms with Gasteiger partial charge in [0, 0.05) is 6.08 Å². The van der Waals surface area contributed by atoms with Crippen molar-refractivity contribution in [2.24, 2.45) is 0 Å². The number of allylic oxidation sites excluding steroid dienone is 3. The molecule has 0 unspecified atom stereocenters. The summed E-state index contributed by atoms with van der Waals surface area (Å²) in [5.74, 6) is 0.982. The van der Waals surface area contributed by atoms with Gasteiger partial charge in [-0.15, -0.1) is 0 Å². The average Bonchev–Trinajstić information content (AvgIpc) is 2.64. The van der Waals surface area contributed by atoms with Crippen molar-refractivity contribution in [3.63, 3.8) is 0 Å². The lowest BCUT2D eigenvalue weighted by Gasteiger charge is -2.10. The topological polar surface area (TPSA) is 44.8 Å². The van der Waals surface area contributed by atoms with E-state index in [4.69, 9.17) is 14.2 Å². The van der Waals surface area contributed by atoms with E-state index in [9.17, 15) is 4.79 Å². The molecule has 0 atom stereocenters. The Kier molecular flexibility index (Phi) is 10.7. The van der Waals surface area contributed by atoms with Crippen molar-refractivity contribution in [2.75, 3.05) is 20.3 Å². The molecule has 4 nitrogen and oxygen atoms in total. The molecule has 0 spiro atoms. The van der Waals surface area contributed by atoms with Gasteiger partial charge in [0.25, 0.3) is 0 Å². The van der Waals surface area contributed by atoms with Crippen molar-refractivity contribution in [2.45, 2.75) is 47.0 Å². The van der Waals surface area contributed by atoms with Gasteiger partial charge in [0.1, 0.15) is 6.61 Å². The molecule has 0 fully saturated rings. The fourth-order valence-corrected chi connectivity index (χ4v) is 2.29. The molecule has 0 aliphatic rings. The normalized spacial score (nSPS) is 11.4. The molecule has 27 heavy (non-hydrogen) atoms. The minimum absolute atomic E-state index is 0.289. The summed E-state index contributed by atoms with van der Waals surface area (Å²) in [7, 11) is 1.60. The predicted octanol–water partition coefficient (Wildman–Crippen LogP) is 5.73.